The fraction of sp³-hybridized carbons (Fsp3) is 0.167. The number of nitrogens with zero attached hydrogens (tertiary/aromatic N) is 2. The number of rotatable bonds is 3. The zero-order valence-electron chi connectivity index (χ0n) is 8.96. The first-order chi connectivity index (χ1) is 7.75. The number of carbonyl (C=O) groups excluding carboxylic acids is 1. The summed E-state index contributed by atoms with van der Waals surface area (Å²) >= 11 is 0. The lowest BCUT2D eigenvalue weighted by molar-refractivity contribution is -0.132. The fourth-order valence-corrected chi connectivity index (χ4v) is 1.44. The topological polar surface area (TPSA) is 44.1 Å². The van der Waals surface area contributed by atoms with E-state index in [2.05, 4.69) is 4.98 Å². The highest BCUT2D eigenvalue weighted by Gasteiger charge is 2.05. The number of aromatic nitrogens is 2. The maximum Gasteiger partial charge on any atom is 0.309 e. The van der Waals surface area contributed by atoms with Gasteiger partial charge in [0.25, 0.3) is 0 Å². The van der Waals surface area contributed by atoms with E-state index in [-0.39, 0.29) is 5.97 Å². The largest absolute Gasteiger partial charge is 0.408 e. The molecule has 1 heterocycles. The highest BCUT2D eigenvalue weighted by atomic mass is 16.5. The van der Waals surface area contributed by atoms with Crippen molar-refractivity contribution in [1.29, 1.82) is 0 Å². The monoisotopic (exact) mass is 216 g/mol. The standard InChI is InChI=1S/C12H12N2O2/c1-10(15)16-12-7-13-9-14(12)8-11-5-3-2-4-6-11/h2-7,9H,8H2,1H3. The Morgan fingerprint density at radius 2 is 2.12 bits per heavy atom. The average Bonchev–Trinajstić information content (AvgIpc) is 2.66. The minimum Gasteiger partial charge on any atom is -0.408 e. The second-order valence-corrected chi connectivity index (χ2v) is 3.44. The van der Waals surface area contributed by atoms with Gasteiger partial charge in [-0.25, -0.2) is 4.98 Å². The van der Waals surface area contributed by atoms with Gasteiger partial charge in [0, 0.05) is 6.92 Å². The molecule has 0 fully saturated rings. The summed E-state index contributed by atoms with van der Waals surface area (Å²) in [5.74, 6) is 0.131. The van der Waals surface area contributed by atoms with Crippen molar-refractivity contribution in [2.45, 2.75) is 13.5 Å². The van der Waals surface area contributed by atoms with Crippen LogP contribution in [-0.2, 0) is 11.3 Å². The molecule has 1 aromatic carbocycles. The molecule has 0 aliphatic carbocycles. The van der Waals surface area contributed by atoms with Crippen molar-refractivity contribution in [1.82, 2.24) is 9.55 Å². The van der Waals surface area contributed by atoms with Crippen LogP contribution in [0.2, 0.25) is 0 Å². The lowest BCUT2D eigenvalue weighted by Gasteiger charge is -2.06. The van der Waals surface area contributed by atoms with Gasteiger partial charge in [0.05, 0.1) is 19.1 Å². The van der Waals surface area contributed by atoms with Crippen LogP contribution < -0.4 is 4.74 Å². The minimum atomic E-state index is -0.338. The van der Waals surface area contributed by atoms with Crippen LogP contribution in [0.4, 0.5) is 0 Å². The summed E-state index contributed by atoms with van der Waals surface area (Å²) in [4.78, 5) is 14.8. The normalized spacial score (nSPS) is 10.1. The second kappa shape index (κ2) is 4.61. The van der Waals surface area contributed by atoms with Crippen molar-refractivity contribution in [3.8, 4) is 5.88 Å². The fourth-order valence-electron chi connectivity index (χ4n) is 1.44. The highest BCUT2D eigenvalue weighted by Crippen LogP contribution is 2.12. The van der Waals surface area contributed by atoms with Crippen molar-refractivity contribution in [2.75, 3.05) is 0 Å². The molecule has 0 aliphatic rings. The molecule has 4 nitrogen and oxygen atoms in total. The van der Waals surface area contributed by atoms with Crippen LogP contribution in [0.25, 0.3) is 0 Å². The molecule has 4 heteroatoms. The molecule has 0 saturated heterocycles. The van der Waals surface area contributed by atoms with Crippen molar-refractivity contribution in [3.63, 3.8) is 0 Å². The minimum absolute atomic E-state index is 0.338. The Labute approximate surface area is 93.5 Å². The number of imidazole rings is 1. The summed E-state index contributed by atoms with van der Waals surface area (Å²) in [5, 5.41) is 0. The Hall–Kier alpha value is -2.10. The van der Waals surface area contributed by atoms with E-state index in [1.165, 1.54) is 13.1 Å². The molecular formula is C12H12N2O2. The number of hydrogen-bond donors (Lipinski definition) is 0. The Bertz CT molecular complexity index is 477. The van der Waals surface area contributed by atoms with Crippen LogP contribution in [0, 0.1) is 0 Å². The summed E-state index contributed by atoms with van der Waals surface area (Å²) in [5.41, 5.74) is 1.13. The summed E-state index contributed by atoms with van der Waals surface area (Å²) in [7, 11) is 0. The van der Waals surface area contributed by atoms with Gasteiger partial charge in [0.2, 0.25) is 5.88 Å². The summed E-state index contributed by atoms with van der Waals surface area (Å²) in [6, 6.07) is 9.93. The zero-order valence-corrected chi connectivity index (χ0v) is 8.96. The second-order valence-electron chi connectivity index (χ2n) is 3.44. The number of carbonyl (C=O) groups is 1. The number of benzene rings is 1. The molecule has 2 rings (SSSR count). The first-order valence-electron chi connectivity index (χ1n) is 4.98. The molecule has 1 aromatic heterocycles. The van der Waals surface area contributed by atoms with E-state index in [1.54, 1.807) is 10.9 Å². The summed E-state index contributed by atoms with van der Waals surface area (Å²) in [6.07, 6.45) is 3.18. The van der Waals surface area contributed by atoms with Gasteiger partial charge in [0.15, 0.2) is 0 Å². The summed E-state index contributed by atoms with van der Waals surface area (Å²) in [6.45, 7) is 2.02. The quantitative estimate of drug-likeness (QED) is 0.735. The van der Waals surface area contributed by atoms with Gasteiger partial charge in [-0.05, 0) is 5.56 Å². The van der Waals surface area contributed by atoms with Crippen molar-refractivity contribution in [2.24, 2.45) is 0 Å². The van der Waals surface area contributed by atoms with Gasteiger partial charge in [-0.2, -0.15) is 0 Å². The Morgan fingerprint density at radius 3 is 2.81 bits per heavy atom. The van der Waals surface area contributed by atoms with Gasteiger partial charge in [-0.15, -0.1) is 0 Å². The lowest BCUT2D eigenvalue weighted by Crippen LogP contribution is -2.07. The van der Waals surface area contributed by atoms with Gasteiger partial charge >= 0.3 is 5.97 Å². The van der Waals surface area contributed by atoms with E-state index >= 15 is 0 Å². The number of ether oxygens (including phenoxy) is 1. The molecule has 2 aromatic rings. The number of esters is 1. The molecule has 0 spiro atoms. The van der Waals surface area contributed by atoms with Crippen molar-refractivity contribution in [3.05, 3.63) is 48.4 Å². The molecule has 82 valence electrons. The van der Waals surface area contributed by atoms with Crippen molar-refractivity contribution >= 4 is 5.97 Å². The third-order valence-electron chi connectivity index (χ3n) is 2.12. The SMILES string of the molecule is CC(=O)Oc1cncn1Cc1ccccc1. The summed E-state index contributed by atoms with van der Waals surface area (Å²) < 4.78 is 6.81. The van der Waals surface area contributed by atoms with E-state index in [0.29, 0.717) is 12.4 Å². The van der Waals surface area contributed by atoms with Crippen LogP contribution in [-0.4, -0.2) is 15.5 Å². The van der Waals surface area contributed by atoms with Crippen LogP contribution in [0.1, 0.15) is 12.5 Å². The van der Waals surface area contributed by atoms with Crippen LogP contribution >= 0.6 is 0 Å². The number of hydrogen-bond acceptors (Lipinski definition) is 3. The molecule has 0 N–H and O–H groups in total. The van der Waals surface area contributed by atoms with E-state index in [0.717, 1.165) is 5.56 Å². The van der Waals surface area contributed by atoms with Crippen LogP contribution in [0.15, 0.2) is 42.9 Å². The van der Waals surface area contributed by atoms with Gasteiger partial charge in [0.1, 0.15) is 0 Å². The Morgan fingerprint density at radius 1 is 1.38 bits per heavy atom. The van der Waals surface area contributed by atoms with Gasteiger partial charge in [-0.1, -0.05) is 30.3 Å². The predicted molar refractivity (Wildman–Crippen MR) is 59.1 cm³/mol. The van der Waals surface area contributed by atoms with E-state index in [4.69, 9.17) is 4.74 Å². The Kier molecular flexibility index (Phi) is 3.00. The molecule has 0 radical (unpaired) electrons. The van der Waals surface area contributed by atoms with Crippen molar-refractivity contribution < 1.29 is 9.53 Å². The first-order valence-corrected chi connectivity index (χ1v) is 4.98. The molecular weight excluding hydrogens is 204 g/mol. The molecule has 0 unspecified atom stereocenters. The highest BCUT2D eigenvalue weighted by molar-refractivity contribution is 5.68. The maximum atomic E-state index is 10.9. The zero-order chi connectivity index (χ0) is 11.4. The molecule has 16 heavy (non-hydrogen) atoms. The van der Waals surface area contributed by atoms with Gasteiger partial charge < -0.3 is 4.74 Å². The molecule has 0 amide bonds. The van der Waals surface area contributed by atoms with Gasteiger partial charge in [-0.3, -0.25) is 9.36 Å². The molecule has 0 bridgehead atoms. The van der Waals surface area contributed by atoms with E-state index in [1.807, 2.05) is 30.3 Å². The van der Waals surface area contributed by atoms with E-state index < -0.39 is 0 Å². The van der Waals surface area contributed by atoms with E-state index in [9.17, 15) is 4.79 Å². The molecule has 0 aliphatic heterocycles. The lowest BCUT2D eigenvalue weighted by atomic mass is 10.2. The average molecular weight is 216 g/mol. The first kappa shape index (κ1) is 10.4. The third kappa shape index (κ3) is 2.48. The molecule has 0 saturated carbocycles. The van der Waals surface area contributed by atoms with Crippen LogP contribution in [0.3, 0.4) is 0 Å². The molecule has 0 atom stereocenters. The third-order valence-corrected chi connectivity index (χ3v) is 2.12. The Balaban J connectivity index is 2.16. The smallest absolute Gasteiger partial charge is 0.309 e. The maximum absolute atomic E-state index is 10.9. The predicted octanol–water partition coefficient (Wildman–Crippen LogP) is 1.86. The van der Waals surface area contributed by atoms with Crippen LogP contribution in [0.5, 0.6) is 5.88 Å².